The van der Waals surface area contributed by atoms with E-state index in [1.54, 1.807) is 22.6 Å². The fourth-order valence-corrected chi connectivity index (χ4v) is 5.94. The first-order chi connectivity index (χ1) is 16.2. The van der Waals surface area contributed by atoms with E-state index in [4.69, 9.17) is 9.52 Å². The number of likely N-dealkylation sites (tertiary alicyclic amines) is 1. The Kier molecular flexibility index (Phi) is 6.92. The molecule has 7 nitrogen and oxygen atoms in total. The molecule has 0 spiro atoms. The van der Waals surface area contributed by atoms with Gasteiger partial charge in [-0.05, 0) is 49.3 Å². The summed E-state index contributed by atoms with van der Waals surface area (Å²) in [5.74, 6) is 1.19. The van der Waals surface area contributed by atoms with Gasteiger partial charge in [-0.1, -0.05) is 25.3 Å². The van der Waals surface area contributed by atoms with Crippen LogP contribution in [0, 0.1) is 5.92 Å². The first-order valence-electron chi connectivity index (χ1n) is 12.2. The maximum absolute atomic E-state index is 13.3. The van der Waals surface area contributed by atoms with Crippen molar-refractivity contribution in [3.8, 4) is 0 Å². The summed E-state index contributed by atoms with van der Waals surface area (Å²) in [6, 6.07) is 7.84. The van der Waals surface area contributed by atoms with Crippen molar-refractivity contribution in [2.75, 3.05) is 19.6 Å². The summed E-state index contributed by atoms with van der Waals surface area (Å²) in [5, 5.41) is 11.6. The second-order valence-corrected chi connectivity index (χ2v) is 10.3. The average Bonchev–Trinajstić information content (AvgIpc) is 3.62. The van der Waals surface area contributed by atoms with Gasteiger partial charge in [-0.25, -0.2) is 5.01 Å². The number of furan rings is 1. The van der Waals surface area contributed by atoms with Gasteiger partial charge in [0.25, 0.3) is 5.91 Å². The molecule has 2 fully saturated rings. The number of amides is 2. The molecule has 1 N–H and O–H groups in total. The smallest absolute Gasteiger partial charge is 0.257 e. The topological polar surface area (TPSA) is 78.2 Å². The van der Waals surface area contributed by atoms with Crippen LogP contribution >= 0.6 is 11.3 Å². The maximum Gasteiger partial charge on any atom is 0.257 e. The lowest BCUT2D eigenvalue weighted by Crippen LogP contribution is -2.48. The van der Waals surface area contributed by atoms with Crippen LogP contribution in [0.4, 0.5) is 0 Å². The van der Waals surface area contributed by atoms with Crippen molar-refractivity contribution in [2.45, 2.75) is 63.5 Å². The quantitative estimate of drug-likeness (QED) is 0.690. The van der Waals surface area contributed by atoms with Gasteiger partial charge in [0.2, 0.25) is 5.91 Å². The van der Waals surface area contributed by atoms with Crippen molar-refractivity contribution in [1.29, 1.82) is 0 Å². The van der Waals surface area contributed by atoms with Crippen LogP contribution in [0.3, 0.4) is 0 Å². The molecule has 4 heterocycles. The van der Waals surface area contributed by atoms with Gasteiger partial charge in [-0.3, -0.25) is 14.5 Å². The van der Waals surface area contributed by atoms with Crippen LogP contribution in [-0.2, 0) is 9.59 Å². The van der Waals surface area contributed by atoms with Gasteiger partial charge < -0.3 is 9.73 Å². The largest absolute Gasteiger partial charge is 0.467 e. The average molecular weight is 469 g/mol. The Morgan fingerprint density at radius 3 is 2.61 bits per heavy atom. The Morgan fingerprint density at radius 2 is 1.91 bits per heavy atom. The number of thiophene rings is 1. The highest BCUT2D eigenvalue weighted by atomic mass is 32.1. The lowest BCUT2D eigenvalue weighted by atomic mass is 9.88. The highest BCUT2D eigenvalue weighted by Gasteiger charge is 2.36. The normalized spacial score (nSPS) is 23.0. The number of nitrogens with one attached hydrogen (secondary N) is 1. The van der Waals surface area contributed by atoms with E-state index in [1.165, 1.54) is 19.3 Å². The number of rotatable bonds is 6. The first-order valence-corrected chi connectivity index (χ1v) is 13.0. The molecule has 2 aliphatic heterocycles. The van der Waals surface area contributed by atoms with Crippen molar-refractivity contribution in [2.24, 2.45) is 11.0 Å². The number of hydrogen-bond donors (Lipinski definition) is 1. The Morgan fingerprint density at radius 1 is 1.09 bits per heavy atom. The van der Waals surface area contributed by atoms with Crippen LogP contribution in [0.25, 0.3) is 0 Å². The molecular weight excluding hydrogens is 436 g/mol. The lowest BCUT2D eigenvalue weighted by molar-refractivity contribution is -0.135. The Hall–Kier alpha value is -2.45. The predicted molar refractivity (Wildman–Crippen MR) is 128 cm³/mol. The fraction of sp³-hybridized carbons (Fsp3) is 0.560. The molecule has 1 saturated heterocycles. The highest BCUT2D eigenvalue weighted by Crippen LogP contribution is 2.34. The van der Waals surface area contributed by atoms with E-state index >= 15 is 0 Å². The molecule has 176 valence electrons. The molecule has 0 aromatic carbocycles. The minimum atomic E-state index is -0.197. The van der Waals surface area contributed by atoms with Crippen LogP contribution in [0.15, 0.2) is 45.4 Å². The molecule has 33 heavy (non-hydrogen) atoms. The molecule has 1 saturated carbocycles. The summed E-state index contributed by atoms with van der Waals surface area (Å²) >= 11 is 1.64. The Bertz CT molecular complexity index is 958. The first kappa shape index (κ1) is 22.3. The summed E-state index contributed by atoms with van der Waals surface area (Å²) in [5.41, 5.74) is 0.934. The highest BCUT2D eigenvalue weighted by molar-refractivity contribution is 7.12. The Balaban J connectivity index is 1.16. The van der Waals surface area contributed by atoms with E-state index in [1.807, 2.05) is 29.6 Å². The van der Waals surface area contributed by atoms with Gasteiger partial charge in [0.15, 0.2) is 0 Å². The number of piperidine rings is 1. The number of carbonyl (C=O) groups excluding carboxylic acids is 2. The number of hydrogen-bond acceptors (Lipinski definition) is 6. The summed E-state index contributed by atoms with van der Waals surface area (Å²) in [6.45, 7) is 1.95. The predicted octanol–water partition coefficient (Wildman–Crippen LogP) is 4.18. The number of carbonyl (C=O) groups is 2. The van der Waals surface area contributed by atoms with Crippen molar-refractivity contribution in [3.63, 3.8) is 0 Å². The van der Waals surface area contributed by atoms with Gasteiger partial charge in [-0.15, -0.1) is 11.3 Å². The molecule has 3 aliphatic rings. The van der Waals surface area contributed by atoms with E-state index in [9.17, 15) is 9.59 Å². The van der Waals surface area contributed by atoms with Crippen molar-refractivity contribution < 1.29 is 14.0 Å². The number of hydrazone groups is 1. The summed E-state index contributed by atoms with van der Waals surface area (Å²) < 4.78 is 5.64. The zero-order valence-electron chi connectivity index (χ0n) is 18.9. The molecule has 1 aliphatic carbocycles. The molecule has 1 unspecified atom stereocenters. The second-order valence-electron chi connectivity index (χ2n) is 9.39. The third kappa shape index (κ3) is 5.22. The molecule has 2 amide bonds. The summed E-state index contributed by atoms with van der Waals surface area (Å²) in [7, 11) is 0. The minimum absolute atomic E-state index is 0.00681. The molecule has 2 aromatic rings. The van der Waals surface area contributed by atoms with Crippen LogP contribution in [0.2, 0.25) is 0 Å². The van der Waals surface area contributed by atoms with Gasteiger partial charge >= 0.3 is 0 Å². The van der Waals surface area contributed by atoms with Gasteiger partial charge in [-0.2, -0.15) is 5.10 Å². The molecule has 8 heteroatoms. The third-order valence-electron chi connectivity index (χ3n) is 7.11. The van der Waals surface area contributed by atoms with Crippen LogP contribution < -0.4 is 5.32 Å². The van der Waals surface area contributed by atoms with E-state index in [2.05, 4.69) is 10.2 Å². The monoisotopic (exact) mass is 468 g/mol. The van der Waals surface area contributed by atoms with Crippen molar-refractivity contribution in [1.82, 2.24) is 15.2 Å². The third-order valence-corrected chi connectivity index (χ3v) is 8.03. The molecule has 2 aromatic heterocycles. The molecular formula is C25H32N4O3S. The van der Waals surface area contributed by atoms with Gasteiger partial charge in [0.05, 0.1) is 23.4 Å². The number of nitrogens with zero attached hydrogens (tertiary/aromatic N) is 3. The molecule has 0 radical (unpaired) electrons. The maximum atomic E-state index is 13.3. The molecule has 1 atom stereocenters. The van der Waals surface area contributed by atoms with Gasteiger partial charge in [0.1, 0.15) is 11.8 Å². The van der Waals surface area contributed by atoms with Gasteiger partial charge in [0, 0.05) is 31.5 Å². The zero-order chi connectivity index (χ0) is 22.6. The van der Waals surface area contributed by atoms with Crippen molar-refractivity contribution >= 4 is 28.9 Å². The SMILES string of the molecule is O=C(NC1CCN(CC(=O)N2N=C(c3cccs3)CC2c2ccco2)CC1)C1CCCCC1. The summed E-state index contributed by atoms with van der Waals surface area (Å²) in [4.78, 5) is 29.1. The van der Waals surface area contributed by atoms with Crippen LogP contribution in [0.5, 0.6) is 0 Å². The molecule has 5 rings (SSSR count). The molecule has 0 bridgehead atoms. The summed E-state index contributed by atoms with van der Waals surface area (Å²) in [6.07, 6.45) is 9.73. The lowest BCUT2D eigenvalue weighted by Gasteiger charge is -2.34. The Labute approximate surface area is 198 Å². The van der Waals surface area contributed by atoms with Crippen molar-refractivity contribution in [3.05, 3.63) is 46.5 Å². The van der Waals surface area contributed by atoms with Crippen LogP contribution in [-0.4, -0.2) is 53.1 Å². The van der Waals surface area contributed by atoms with E-state index in [-0.39, 0.29) is 29.8 Å². The van der Waals surface area contributed by atoms with E-state index in [0.717, 1.165) is 55.1 Å². The second kappa shape index (κ2) is 10.2. The standard InChI is InChI=1S/C25H32N4O3S/c30-24(17-28-12-10-19(11-13-28)26-25(31)18-6-2-1-3-7-18)29-21(22-8-4-14-32-22)16-20(27-29)23-9-5-15-33-23/h4-5,8-9,14-15,18-19,21H,1-3,6-7,10-13,16-17H2,(H,26,31). The van der Waals surface area contributed by atoms with E-state index in [0.29, 0.717) is 13.0 Å². The minimum Gasteiger partial charge on any atom is -0.467 e. The zero-order valence-corrected chi connectivity index (χ0v) is 19.8. The van der Waals surface area contributed by atoms with E-state index < -0.39 is 0 Å². The fourth-order valence-electron chi connectivity index (χ4n) is 5.22. The van der Waals surface area contributed by atoms with Crippen LogP contribution in [0.1, 0.15) is 68.0 Å².